The number of aryl methyl sites for hydroxylation is 1. The summed E-state index contributed by atoms with van der Waals surface area (Å²) in [6, 6.07) is 1.95. The van der Waals surface area contributed by atoms with Crippen molar-refractivity contribution in [3.05, 3.63) is 24.0 Å². The number of hydrogen-bond donors (Lipinski definition) is 2. The van der Waals surface area contributed by atoms with Gasteiger partial charge in [-0.2, -0.15) is 9.90 Å². The molecule has 5 rings (SSSR count). The summed E-state index contributed by atoms with van der Waals surface area (Å²) in [5.74, 6) is 0.483. The number of amides is 1. The Labute approximate surface area is 178 Å². The van der Waals surface area contributed by atoms with E-state index in [9.17, 15) is 13.2 Å². The first-order valence-corrected chi connectivity index (χ1v) is 11.8. The minimum atomic E-state index is -3.17. The van der Waals surface area contributed by atoms with Crippen LogP contribution in [0.5, 0.6) is 0 Å². The maximum absolute atomic E-state index is 12.1. The molecule has 0 spiro atoms. The number of hydrogen-bond acceptors (Lipinski definition) is 8. The van der Waals surface area contributed by atoms with Gasteiger partial charge < -0.3 is 11.1 Å². The van der Waals surface area contributed by atoms with Gasteiger partial charge in [-0.3, -0.25) is 4.79 Å². The molecule has 1 saturated carbocycles. The Balaban J connectivity index is 1.44. The van der Waals surface area contributed by atoms with Gasteiger partial charge in [-0.1, -0.05) is 0 Å². The highest BCUT2D eigenvalue weighted by molar-refractivity contribution is 7.88. The standard InChI is InChI=1S/C18H23N9O3S/c1-25-23-18(22-24-25)12-5-15-16(14(17(19)28)6-20-27(15)9-12)21-13-3-10-7-26(31(2,29)30)8-11(10)4-13/h5-6,9-11,13,21H,3-4,7-8H2,1-2H3,(H2,19,28). The van der Waals surface area contributed by atoms with Crippen LogP contribution in [0, 0.1) is 11.8 Å². The van der Waals surface area contributed by atoms with E-state index < -0.39 is 15.9 Å². The number of rotatable bonds is 5. The van der Waals surface area contributed by atoms with Crippen molar-refractivity contribution >= 4 is 27.1 Å². The molecule has 3 aromatic rings. The van der Waals surface area contributed by atoms with Gasteiger partial charge in [0.2, 0.25) is 15.8 Å². The molecule has 31 heavy (non-hydrogen) atoms. The van der Waals surface area contributed by atoms with E-state index in [1.54, 1.807) is 22.1 Å². The SMILES string of the molecule is Cn1nnc(-c2cc3c(NC4CC5CN(S(C)(=O)=O)CC5C4)c(C(N)=O)cnn3c2)n1. The van der Waals surface area contributed by atoms with Crippen molar-refractivity contribution in [3.8, 4) is 11.4 Å². The molecule has 3 aromatic heterocycles. The normalized spacial score (nSPS) is 24.0. The van der Waals surface area contributed by atoms with Crippen LogP contribution in [0.3, 0.4) is 0 Å². The molecule has 0 bridgehead atoms. The van der Waals surface area contributed by atoms with Crippen LogP contribution >= 0.6 is 0 Å². The molecular formula is C18H23N9O3S. The van der Waals surface area contributed by atoms with Crippen LogP contribution in [0.25, 0.3) is 16.9 Å². The second kappa shape index (κ2) is 6.99. The first-order chi connectivity index (χ1) is 14.7. The molecule has 1 saturated heterocycles. The van der Waals surface area contributed by atoms with Gasteiger partial charge in [0.25, 0.3) is 5.91 Å². The van der Waals surface area contributed by atoms with Crippen molar-refractivity contribution in [2.45, 2.75) is 18.9 Å². The molecule has 3 N–H and O–H groups in total. The third-order valence-corrected chi connectivity index (χ3v) is 7.44. The summed E-state index contributed by atoms with van der Waals surface area (Å²) < 4.78 is 26.9. The van der Waals surface area contributed by atoms with Crippen LogP contribution in [0.1, 0.15) is 23.2 Å². The van der Waals surface area contributed by atoms with Gasteiger partial charge in [0.1, 0.15) is 0 Å². The van der Waals surface area contributed by atoms with E-state index in [4.69, 9.17) is 5.73 Å². The number of aromatic nitrogens is 6. The van der Waals surface area contributed by atoms with Crippen LogP contribution in [-0.2, 0) is 17.1 Å². The van der Waals surface area contributed by atoms with E-state index in [-0.39, 0.29) is 6.04 Å². The van der Waals surface area contributed by atoms with Crippen LogP contribution < -0.4 is 11.1 Å². The van der Waals surface area contributed by atoms with Crippen LogP contribution in [0.15, 0.2) is 18.5 Å². The third kappa shape index (κ3) is 3.53. The van der Waals surface area contributed by atoms with Crippen molar-refractivity contribution in [2.24, 2.45) is 24.6 Å². The summed E-state index contributed by atoms with van der Waals surface area (Å²) in [7, 11) is -1.48. The van der Waals surface area contributed by atoms with Gasteiger partial charge in [0, 0.05) is 30.9 Å². The third-order valence-electron chi connectivity index (χ3n) is 6.20. The monoisotopic (exact) mass is 445 g/mol. The molecule has 12 nitrogen and oxygen atoms in total. The molecule has 2 aliphatic rings. The number of tetrazole rings is 1. The van der Waals surface area contributed by atoms with E-state index in [1.165, 1.54) is 17.2 Å². The molecule has 164 valence electrons. The average Bonchev–Trinajstić information content (AvgIpc) is 3.42. The second-order valence-corrected chi connectivity index (χ2v) is 10.4. The number of nitrogens with zero attached hydrogens (tertiary/aromatic N) is 7. The molecule has 4 heterocycles. The first kappa shape index (κ1) is 19.9. The maximum atomic E-state index is 12.1. The van der Waals surface area contributed by atoms with Gasteiger partial charge >= 0.3 is 0 Å². The molecule has 1 amide bonds. The molecule has 0 aromatic carbocycles. The number of anilines is 1. The van der Waals surface area contributed by atoms with Gasteiger partial charge in [-0.25, -0.2) is 17.2 Å². The fourth-order valence-corrected chi connectivity index (χ4v) is 5.69. The van der Waals surface area contributed by atoms with Crippen molar-refractivity contribution in [1.82, 2.24) is 34.1 Å². The number of primary amides is 1. The minimum Gasteiger partial charge on any atom is -0.380 e. The van der Waals surface area contributed by atoms with E-state index >= 15 is 0 Å². The largest absolute Gasteiger partial charge is 0.380 e. The molecule has 2 unspecified atom stereocenters. The molecule has 1 aliphatic carbocycles. The van der Waals surface area contributed by atoms with Crippen LogP contribution in [0.4, 0.5) is 5.69 Å². The summed E-state index contributed by atoms with van der Waals surface area (Å²) >= 11 is 0. The fraction of sp³-hybridized carbons (Fsp3) is 0.500. The van der Waals surface area contributed by atoms with Crippen molar-refractivity contribution in [3.63, 3.8) is 0 Å². The van der Waals surface area contributed by atoms with E-state index in [0.717, 1.165) is 18.4 Å². The zero-order valence-corrected chi connectivity index (χ0v) is 17.9. The number of nitrogens with two attached hydrogens (primary N) is 1. The molecule has 2 fully saturated rings. The summed E-state index contributed by atoms with van der Waals surface area (Å²) in [4.78, 5) is 13.5. The van der Waals surface area contributed by atoms with Crippen molar-refractivity contribution in [2.75, 3.05) is 24.7 Å². The quantitative estimate of drug-likeness (QED) is 0.543. The number of fused-ring (bicyclic) bond motifs is 2. The first-order valence-electron chi connectivity index (χ1n) is 9.96. The second-order valence-electron chi connectivity index (χ2n) is 8.37. The van der Waals surface area contributed by atoms with Gasteiger partial charge in [-0.05, 0) is 36.0 Å². The Morgan fingerprint density at radius 1 is 1.26 bits per heavy atom. The Morgan fingerprint density at radius 3 is 2.55 bits per heavy atom. The highest BCUT2D eigenvalue weighted by Gasteiger charge is 2.43. The minimum absolute atomic E-state index is 0.106. The van der Waals surface area contributed by atoms with Gasteiger partial charge in [-0.15, -0.1) is 10.2 Å². The van der Waals surface area contributed by atoms with E-state index in [1.807, 2.05) is 6.07 Å². The highest BCUT2D eigenvalue weighted by atomic mass is 32.2. The summed E-state index contributed by atoms with van der Waals surface area (Å²) in [5, 5.41) is 19.9. The fourth-order valence-electron chi connectivity index (χ4n) is 4.77. The molecule has 0 radical (unpaired) electrons. The Hall–Kier alpha value is -3.06. The predicted octanol–water partition coefficient (Wildman–Crippen LogP) is -0.294. The number of nitrogens with one attached hydrogen (secondary N) is 1. The van der Waals surface area contributed by atoms with E-state index in [0.29, 0.717) is 47.5 Å². The summed E-state index contributed by atoms with van der Waals surface area (Å²) in [6.45, 7) is 1.09. The van der Waals surface area contributed by atoms with Gasteiger partial charge in [0.05, 0.1) is 36.3 Å². The number of carbonyl (C=O) groups excluding carboxylic acids is 1. The van der Waals surface area contributed by atoms with Crippen molar-refractivity contribution in [1.29, 1.82) is 0 Å². The van der Waals surface area contributed by atoms with Crippen LogP contribution in [0.2, 0.25) is 0 Å². The lowest BCUT2D eigenvalue weighted by Gasteiger charge is -2.20. The summed E-state index contributed by atoms with van der Waals surface area (Å²) in [5.41, 5.74) is 7.95. The van der Waals surface area contributed by atoms with E-state index in [2.05, 4.69) is 25.8 Å². The average molecular weight is 446 g/mol. The highest BCUT2D eigenvalue weighted by Crippen LogP contribution is 2.41. The predicted molar refractivity (Wildman–Crippen MR) is 112 cm³/mol. The van der Waals surface area contributed by atoms with Crippen LogP contribution in [-0.4, -0.2) is 73.8 Å². The summed E-state index contributed by atoms with van der Waals surface area (Å²) in [6.07, 6.45) is 6.13. The number of carbonyl (C=O) groups is 1. The zero-order chi connectivity index (χ0) is 21.9. The molecule has 1 aliphatic heterocycles. The zero-order valence-electron chi connectivity index (χ0n) is 17.1. The lowest BCUT2D eigenvalue weighted by Crippen LogP contribution is -2.30. The lowest BCUT2D eigenvalue weighted by atomic mass is 10.0. The maximum Gasteiger partial charge on any atom is 0.252 e. The molecule has 13 heteroatoms. The Morgan fingerprint density at radius 2 is 1.97 bits per heavy atom. The van der Waals surface area contributed by atoms with Crippen molar-refractivity contribution < 1.29 is 13.2 Å². The molecular weight excluding hydrogens is 422 g/mol. The smallest absolute Gasteiger partial charge is 0.252 e. The topological polar surface area (TPSA) is 153 Å². The number of sulfonamides is 1. The van der Waals surface area contributed by atoms with Gasteiger partial charge in [0.15, 0.2) is 0 Å². The Kier molecular flexibility index (Phi) is 4.48. The molecule has 2 atom stereocenters. The lowest BCUT2D eigenvalue weighted by molar-refractivity contribution is 0.100. The Bertz CT molecular complexity index is 1270.